The number of rotatable bonds is 6. The first-order valence-corrected chi connectivity index (χ1v) is 8.93. The van der Waals surface area contributed by atoms with Crippen LogP contribution in [0.25, 0.3) is 5.69 Å². The fourth-order valence-corrected chi connectivity index (χ4v) is 3.08. The van der Waals surface area contributed by atoms with Crippen LogP contribution in [0.1, 0.15) is 46.2 Å². The van der Waals surface area contributed by atoms with Crippen molar-refractivity contribution < 1.29 is 4.79 Å². The van der Waals surface area contributed by atoms with Gasteiger partial charge in [-0.15, -0.1) is 0 Å². The summed E-state index contributed by atoms with van der Waals surface area (Å²) in [5.41, 5.74) is 5.50. The van der Waals surface area contributed by atoms with E-state index in [4.69, 9.17) is 5.10 Å². The number of benzene rings is 1. The van der Waals surface area contributed by atoms with E-state index in [0.717, 1.165) is 41.0 Å². The molecule has 0 saturated heterocycles. The SMILES string of the molecule is CCCc1nn(-c2ccccc2C)c(C)c1C(=O)NCc1cccnc1. The standard InChI is InChI=1S/C21H24N4O/c1-4-8-18-20(21(26)23-14-17-10-7-12-22-13-17)16(3)25(24-18)19-11-6-5-9-15(19)2/h5-7,9-13H,4,8,14H2,1-3H3,(H,23,26). The summed E-state index contributed by atoms with van der Waals surface area (Å²) in [6, 6.07) is 11.9. The van der Waals surface area contributed by atoms with Gasteiger partial charge in [0.05, 0.1) is 22.6 Å². The molecule has 0 radical (unpaired) electrons. The molecule has 0 aliphatic heterocycles. The van der Waals surface area contributed by atoms with E-state index in [2.05, 4.69) is 30.2 Å². The number of para-hydroxylation sites is 1. The first-order chi connectivity index (χ1) is 12.6. The molecule has 3 aromatic rings. The summed E-state index contributed by atoms with van der Waals surface area (Å²) >= 11 is 0. The first-order valence-electron chi connectivity index (χ1n) is 8.93. The van der Waals surface area contributed by atoms with Gasteiger partial charge in [0.25, 0.3) is 5.91 Å². The molecule has 2 heterocycles. The quantitative estimate of drug-likeness (QED) is 0.738. The summed E-state index contributed by atoms with van der Waals surface area (Å²) in [6.07, 6.45) is 5.19. The average Bonchev–Trinajstić information content (AvgIpc) is 2.97. The maximum Gasteiger partial charge on any atom is 0.255 e. The molecule has 0 aliphatic rings. The Morgan fingerprint density at radius 3 is 2.65 bits per heavy atom. The molecule has 5 nitrogen and oxygen atoms in total. The molecule has 0 saturated carbocycles. The highest BCUT2D eigenvalue weighted by Gasteiger charge is 2.21. The zero-order chi connectivity index (χ0) is 18.5. The largest absolute Gasteiger partial charge is 0.348 e. The van der Waals surface area contributed by atoms with Crippen LogP contribution in [0.4, 0.5) is 0 Å². The van der Waals surface area contributed by atoms with E-state index >= 15 is 0 Å². The van der Waals surface area contributed by atoms with Gasteiger partial charge in [-0.25, -0.2) is 4.68 Å². The van der Waals surface area contributed by atoms with Crippen molar-refractivity contribution in [1.82, 2.24) is 20.1 Å². The van der Waals surface area contributed by atoms with Crippen molar-refractivity contribution in [2.75, 3.05) is 0 Å². The number of carbonyl (C=O) groups excluding carboxylic acids is 1. The molecule has 0 aliphatic carbocycles. The average molecular weight is 348 g/mol. The third-order valence-corrected chi connectivity index (χ3v) is 4.42. The van der Waals surface area contributed by atoms with E-state index in [1.807, 2.05) is 41.9 Å². The summed E-state index contributed by atoms with van der Waals surface area (Å²) in [5.74, 6) is -0.0883. The van der Waals surface area contributed by atoms with E-state index in [0.29, 0.717) is 12.1 Å². The molecule has 0 fully saturated rings. The number of aromatic nitrogens is 3. The molecule has 26 heavy (non-hydrogen) atoms. The Morgan fingerprint density at radius 1 is 1.15 bits per heavy atom. The molecular formula is C21H24N4O. The molecule has 0 spiro atoms. The molecule has 0 bridgehead atoms. The van der Waals surface area contributed by atoms with Gasteiger partial charge in [0.2, 0.25) is 0 Å². The number of hydrogen-bond donors (Lipinski definition) is 1. The lowest BCUT2D eigenvalue weighted by Crippen LogP contribution is -2.24. The fraction of sp³-hybridized carbons (Fsp3) is 0.286. The highest BCUT2D eigenvalue weighted by atomic mass is 16.1. The van der Waals surface area contributed by atoms with Crippen molar-refractivity contribution in [3.63, 3.8) is 0 Å². The van der Waals surface area contributed by atoms with Crippen LogP contribution in [0.3, 0.4) is 0 Å². The molecule has 5 heteroatoms. The Morgan fingerprint density at radius 2 is 1.96 bits per heavy atom. The van der Waals surface area contributed by atoms with Gasteiger partial charge in [-0.05, 0) is 43.5 Å². The van der Waals surface area contributed by atoms with Crippen LogP contribution in [0.2, 0.25) is 0 Å². The third-order valence-electron chi connectivity index (χ3n) is 4.42. The topological polar surface area (TPSA) is 59.8 Å². The summed E-state index contributed by atoms with van der Waals surface area (Å²) < 4.78 is 1.89. The molecule has 1 amide bonds. The van der Waals surface area contributed by atoms with Crippen LogP contribution in [0.15, 0.2) is 48.8 Å². The van der Waals surface area contributed by atoms with Crippen LogP contribution in [0, 0.1) is 13.8 Å². The fourth-order valence-electron chi connectivity index (χ4n) is 3.08. The van der Waals surface area contributed by atoms with Crippen molar-refractivity contribution in [3.8, 4) is 5.69 Å². The highest BCUT2D eigenvalue weighted by molar-refractivity contribution is 5.96. The summed E-state index contributed by atoms with van der Waals surface area (Å²) in [6.45, 7) is 6.56. The summed E-state index contributed by atoms with van der Waals surface area (Å²) in [5, 5.41) is 7.75. The molecule has 134 valence electrons. The second-order valence-electron chi connectivity index (χ2n) is 6.40. The van der Waals surface area contributed by atoms with Crippen LogP contribution >= 0.6 is 0 Å². The van der Waals surface area contributed by atoms with E-state index < -0.39 is 0 Å². The van der Waals surface area contributed by atoms with E-state index in [1.165, 1.54) is 0 Å². The Bertz CT molecular complexity index is 900. The zero-order valence-electron chi connectivity index (χ0n) is 15.5. The zero-order valence-corrected chi connectivity index (χ0v) is 15.5. The Hall–Kier alpha value is -2.95. The van der Waals surface area contributed by atoms with E-state index in [9.17, 15) is 4.79 Å². The van der Waals surface area contributed by atoms with E-state index in [-0.39, 0.29) is 5.91 Å². The number of carbonyl (C=O) groups is 1. The number of pyridine rings is 1. The van der Waals surface area contributed by atoms with Gasteiger partial charge in [-0.1, -0.05) is 37.6 Å². The second kappa shape index (κ2) is 7.95. The maximum atomic E-state index is 12.9. The molecular weight excluding hydrogens is 324 g/mol. The minimum absolute atomic E-state index is 0.0883. The molecule has 3 rings (SSSR count). The minimum atomic E-state index is -0.0883. The summed E-state index contributed by atoms with van der Waals surface area (Å²) in [7, 11) is 0. The predicted molar refractivity (Wildman–Crippen MR) is 102 cm³/mol. The lowest BCUT2D eigenvalue weighted by atomic mass is 10.1. The molecule has 1 N–H and O–H groups in total. The lowest BCUT2D eigenvalue weighted by molar-refractivity contribution is 0.0949. The Kier molecular flexibility index (Phi) is 5.46. The minimum Gasteiger partial charge on any atom is -0.348 e. The maximum absolute atomic E-state index is 12.9. The van der Waals surface area contributed by atoms with Gasteiger partial charge in [0, 0.05) is 18.9 Å². The van der Waals surface area contributed by atoms with Crippen LogP contribution in [-0.2, 0) is 13.0 Å². The van der Waals surface area contributed by atoms with Gasteiger partial charge in [0.1, 0.15) is 0 Å². The van der Waals surface area contributed by atoms with Gasteiger partial charge >= 0.3 is 0 Å². The van der Waals surface area contributed by atoms with Crippen molar-refractivity contribution in [1.29, 1.82) is 0 Å². The molecule has 0 unspecified atom stereocenters. The van der Waals surface area contributed by atoms with Crippen LogP contribution < -0.4 is 5.32 Å². The number of nitrogens with zero attached hydrogens (tertiary/aromatic N) is 3. The number of hydrogen-bond acceptors (Lipinski definition) is 3. The lowest BCUT2D eigenvalue weighted by Gasteiger charge is -2.09. The molecule has 0 atom stereocenters. The third kappa shape index (κ3) is 3.67. The predicted octanol–water partition coefficient (Wildman–Crippen LogP) is 3.77. The van der Waals surface area contributed by atoms with Gasteiger partial charge in [0.15, 0.2) is 0 Å². The second-order valence-corrected chi connectivity index (χ2v) is 6.40. The van der Waals surface area contributed by atoms with Crippen molar-refractivity contribution in [2.24, 2.45) is 0 Å². The van der Waals surface area contributed by atoms with Crippen molar-refractivity contribution in [2.45, 2.75) is 40.2 Å². The summed E-state index contributed by atoms with van der Waals surface area (Å²) in [4.78, 5) is 17.0. The molecule has 2 aromatic heterocycles. The van der Waals surface area contributed by atoms with Crippen LogP contribution in [0.5, 0.6) is 0 Å². The van der Waals surface area contributed by atoms with E-state index in [1.54, 1.807) is 12.4 Å². The Labute approximate surface area is 154 Å². The molecule has 1 aromatic carbocycles. The van der Waals surface area contributed by atoms with Crippen molar-refractivity contribution >= 4 is 5.91 Å². The number of aryl methyl sites for hydroxylation is 2. The first kappa shape index (κ1) is 17.9. The normalized spacial score (nSPS) is 10.7. The number of amides is 1. The number of nitrogens with one attached hydrogen (secondary N) is 1. The monoisotopic (exact) mass is 348 g/mol. The van der Waals surface area contributed by atoms with Gasteiger partial charge in [-0.3, -0.25) is 9.78 Å². The van der Waals surface area contributed by atoms with Gasteiger partial charge < -0.3 is 5.32 Å². The highest BCUT2D eigenvalue weighted by Crippen LogP contribution is 2.22. The van der Waals surface area contributed by atoms with Crippen LogP contribution in [-0.4, -0.2) is 20.7 Å². The smallest absolute Gasteiger partial charge is 0.255 e. The van der Waals surface area contributed by atoms with Crippen molar-refractivity contribution in [3.05, 3.63) is 76.9 Å². The van der Waals surface area contributed by atoms with Gasteiger partial charge in [-0.2, -0.15) is 5.10 Å². The Balaban J connectivity index is 1.92.